The third-order valence-corrected chi connectivity index (χ3v) is 1.76. The number of carbonyl (C=O) groups is 1. The highest BCUT2D eigenvalue weighted by Crippen LogP contribution is 2.10. The maximum atomic E-state index is 10.3. The largest absolute Gasteiger partial charge is 0.304 e. The van der Waals surface area contributed by atoms with E-state index in [0.29, 0.717) is 0 Å². The summed E-state index contributed by atoms with van der Waals surface area (Å²) in [5, 5.41) is 3.10. The van der Waals surface area contributed by atoms with E-state index in [2.05, 4.69) is 11.4 Å². The molecule has 0 amide bonds. The smallest absolute Gasteiger partial charge is 0.137 e. The summed E-state index contributed by atoms with van der Waals surface area (Å²) in [6.45, 7) is 2.84. The van der Waals surface area contributed by atoms with Gasteiger partial charge in [0.05, 0.1) is 6.04 Å². The van der Waals surface area contributed by atoms with Crippen molar-refractivity contribution < 1.29 is 4.79 Å². The molecule has 0 saturated carbocycles. The fourth-order valence-electron chi connectivity index (χ4n) is 1.14. The van der Waals surface area contributed by atoms with Crippen LogP contribution in [0, 0.1) is 0 Å². The van der Waals surface area contributed by atoms with Gasteiger partial charge in [-0.2, -0.15) is 0 Å². The Morgan fingerprint density at radius 3 is 3.00 bits per heavy atom. The van der Waals surface area contributed by atoms with Crippen molar-refractivity contribution in [2.45, 2.75) is 19.4 Å². The number of hydrogen-bond acceptors (Lipinski definition) is 2. The number of nitrogens with one attached hydrogen (secondary N) is 1. The van der Waals surface area contributed by atoms with Crippen molar-refractivity contribution >= 4 is 6.29 Å². The molecule has 1 atom stereocenters. The molecule has 1 unspecified atom stereocenters. The standard InChI is InChI=1S/C9H13NO/c1-2-3-4-8-5-9(7-11)10-6-8/h2-4,7,9-10H,5-6H2,1H3/b3-2-,8-4-. The molecule has 2 heteroatoms. The molecule has 2 nitrogen and oxygen atoms in total. The Labute approximate surface area is 67.0 Å². The van der Waals surface area contributed by atoms with E-state index in [1.54, 1.807) is 0 Å². The average Bonchev–Trinajstić information content (AvgIpc) is 2.48. The summed E-state index contributed by atoms with van der Waals surface area (Å²) in [6, 6.07) is 0.0477. The predicted octanol–water partition coefficient (Wildman–Crippen LogP) is 1.05. The Kier molecular flexibility index (Phi) is 3.05. The molecule has 0 spiro atoms. The summed E-state index contributed by atoms with van der Waals surface area (Å²) in [7, 11) is 0. The first-order chi connectivity index (χ1) is 5.36. The first-order valence-corrected chi connectivity index (χ1v) is 3.86. The van der Waals surface area contributed by atoms with Gasteiger partial charge in [0.1, 0.15) is 6.29 Å². The highest BCUT2D eigenvalue weighted by atomic mass is 16.1. The molecule has 1 aliphatic heterocycles. The van der Waals surface area contributed by atoms with Gasteiger partial charge in [0, 0.05) is 6.54 Å². The second-order valence-electron chi connectivity index (χ2n) is 2.68. The molecule has 1 heterocycles. The molecule has 1 rings (SSSR count). The minimum atomic E-state index is 0.0477. The van der Waals surface area contributed by atoms with Crippen LogP contribution in [0.4, 0.5) is 0 Å². The molecule has 0 bridgehead atoms. The number of allylic oxidation sites excluding steroid dienone is 3. The molecule has 0 aromatic heterocycles. The Morgan fingerprint density at radius 2 is 2.45 bits per heavy atom. The molecule has 1 N–H and O–H groups in total. The molecule has 0 aliphatic carbocycles. The summed E-state index contributed by atoms with van der Waals surface area (Å²) >= 11 is 0. The fourth-order valence-corrected chi connectivity index (χ4v) is 1.14. The fraction of sp³-hybridized carbons (Fsp3) is 0.444. The zero-order chi connectivity index (χ0) is 8.10. The molecule has 0 aromatic rings. The van der Waals surface area contributed by atoms with Crippen molar-refractivity contribution in [2.75, 3.05) is 6.54 Å². The minimum absolute atomic E-state index is 0.0477. The second-order valence-corrected chi connectivity index (χ2v) is 2.68. The minimum Gasteiger partial charge on any atom is -0.304 e. The van der Waals surface area contributed by atoms with E-state index in [1.165, 1.54) is 5.57 Å². The van der Waals surface area contributed by atoms with Gasteiger partial charge in [-0.05, 0) is 13.3 Å². The number of rotatable bonds is 2. The summed E-state index contributed by atoms with van der Waals surface area (Å²) in [5.74, 6) is 0. The second kappa shape index (κ2) is 4.09. The third kappa shape index (κ3) is 2.31. The van der Waals surface area contributed by atoms with E-state index in [1.807, 2.05) is 19.1 Å². The molecule has 0 aromatic carbocycles. The zero-order valence-corrected chi connectivity index (χ0v) is 6.71. The van der Waals surface area contributed by atoms with E-state index in [9.17, 15) is 4.79 Å². The Hall–Kier alpha value is -0.890. The van der Waals surface area contributed by atoms with Gasteiger partial charge >= 0.3 is 0 Å². The Morgan fingerprint density at radius 1 is 1.64 bits per heavy atom. The van der Waals surface area contributed by atoms with E-state index in [4.69, 9.17) is 0 Å². The molecular weight excluding hydrogens is 138 g/mol. The van der Waals surface area contributed by atoms with Crippen LogP contribution in [0.3, 0.4) is 0 Å². The molecule has 1 aliphatic rings. The molecule has 1 fully saturated rings. The van der Waals surface area contributed by atoms with Gasteiger partial charge in [-0.25, -0.2) is 0 Å². The zero-order valence-electron chi connectivity index (χ0n) is 6.71. The summed E-state index contributed by atoms with van der Waals surface area (Å²) in [6.07, 6.45) is 7.90. The SMILES string of the molecule is C/C=C\C=C1/CNC(C=O)C1. The highest BCUT2D eigenvalue weighted by Gasteiger charge is 2.15. The van der Waals surface area contributed by atoms with Crippen LogP contribution in [0.2, 0.25) is 0 Å². The topological polar surface area (TPSA) is 29.1 Å². The normalized spacial score (nSPS) is 28.5. The maximum Gasteiger partial charge on any atom is 0.137 e. The number of hydrogen-bond donors (Lipinski definition) is 1. The molecule has 60 valence electrons. The highest BCUT2D eigenvalue weighted by molar-refractivity contribution is 5.59. The maximum absolute atomic E-state index is 10.3. The van der Waals surface area contributed by atoms with Crippen LogP contribution in [0.5, 0.6) is 0 Å². The van der Waals surface area contributed by atoms with Crippen LogP contribution in [0.25, 0.3) is 0 Å². The van der Waals surface area contributed by atoms with Crippen LogP contribution < -0.4 is 5.32 Å². The van der Waals surface area contributed by atoms with Crippen LogP contribution in [-0.2, 0) is 4.79 Å². The van der Waals surface area contributed by atoms with Crippen LogP contribution in [0.1, 0.15) is 13.3 Å². The van der Waals surface area contributed by atoms with Crippen LogP contribution in [-0.4, -0.2) is 18.9 Å². The number of carbonyl (C=O) groups excluding carboxylic acids is 1. The monoisotopic (exact) mass is 151 g/mol. The Balaban J connectivity index is 2.46. The third-order valence-electron chi connectivity index (χ3n) is 1.76. The lowest BCUT2D eigenvalue weighted by Crippen LogP contribution is -2.21. The van der Waals surface area contributed by atoms with Gasteiger partial charge < -0.3 is 10.1 Å². The van der Waals surface area contributed by atoms with E-state index >= 15 is 0 Å². The number of aldehydes is 1. The van der Waals surface area contributed by atoms with Crippen LogP contribution >= 0.6 is 0 Å². The average molecular weight is 151 g/mol. The van der Waals surface area contributed by atoms with Crippen LogP contribution in [0.15, 0.2) is 23.8 Å². The van der Waals surface area contributed by atoms with Crippen molar-refractivity contribution in [1.82, 2.24) is 5.32 Å². The molecule has 11 heavy (non-hydrogen) atoms. The van der Waals surface area contributed by atoms with Gasteiger partial charge in [-0.1, -0.05) is 23.8 Å². The summed E-state index contributed by atoms with van der Waals surface area (Å²) in [5.41, 5.74) is 1.31. The molecule has 0 radical (unpaired) electrons. The summed E-state index contributed by atoms with van der Waals surface area (Å²) < 4.78 is 0. The molecule has 1 saturated heterocycles. The quantitative estimate of drug-likeness (QED) is 0.598. The first kappa shape index (κ1) is 8.21. The lowest BCUT2D eigenvalue weighted by atomic mass is 10.1. The van der Waals surface area contributed by atoms with Gasteiger partial charge in [0.15, 0.2) is 0 Å². The van der Waals surface area contributed by atoms with Crippen molar-refractivity contribution in [3.05, 3.63) is 23.8 Å². The predicted molar refractivity (Wildman–Crippen MR) is 45.4 cm³/mol. The van der Waals surface area contributed by atoms with Crippen molar-refractivity contribution in [3.8, 4) is 0 Å². The lowest BCUT2D eigenvalue weighted by molar-refractivity contribution is -0.109. The van der Waals surface area contributed by atoms with Crippen molar-refractivity contribution in [2.24, 2.45) is 0 Å². The van der Waals surface area contributed by atoms with Gasteiger partial charge in [-0.3, -0.25) is 0 Å². The lowest BCUT2D eigenvalue weighted by Gasteiger charge is -1.93. The van der Waals surface area contributed by atoms with E-state index < -0.39 is 0 Å². The van der Waals surface area contributed by atoms with Gasteiger partial charge in [0.25, 0.3) is 0 Å². The summed E-state index contributed by atoms with van der Waals surface area (Å²) in [4.78, 5) is 10.3. The van der Waals surface area contributed by atoms with E-state index in [0.717, 1.165) is 19.3 Å². The van der Waals surface area contributed by atoms with Crippen molar-refractivity contribution in [3.63, 3.8) is 0 Å². The van der Waals surface area contributed by atoms with Gasteiger partial charge in [0.2, 0.25) is 0 Å². The van der Waals surface area contributed by atoms with E-state index in [-0.39, 0.29) is 6.04 Å². The van der Waals surface area contributed by atoms with Gasteiger partial charge in [-0.15, -0.1) is 0 Å². The Bertz CT molecular complexity index is 194. The van der Waals surface area contributed by atoms with Crippen molar-refractivity contribution in [1.29, 1.82) is 0 Å². The molecular formula is C9H13NO. The first-order valence-electron chi connectivity index (χ1n) is 3.86.